The van der Waals surface area contributed by atoms with Crippen LogP contribution in [0.25, 0.3) is 0 Å². The van der Waals surface area contributed by atoms with Gasteiger partial charge in [0.25, 0.3) is 0 Å². The van der Waals surface area contributed by atoms with E-state index in [0.29, 0.717) is 6.04 Å². The van der Waals surface area contributed by atoms with Gasteiger partial charge in [-0.3, -0.25) is 4.68 Å². The molecule has 0 bridgehead atoms. The minimum atomic E-state index is 0.184. The van der Waals surface area contributed by atoms with Crippen molar-refractivity contribution >= 4 is 5.82 Å². The van der Waals surface area contributed by atoms with Gasteiger partial charge in [0.1, 0.15) is 5.82 Å². The van der Waals surface area contributed by atoms with E-state index in [0.717, 1.165) is 18.7 Å². The van der Waals surface area contributed by atoms with Crippen LogP contribution in [0.2, 0.25) is 0 Å². The summed E-state index contributed by atoms with van der Waals surface area (Å²) in [6.45, 7) is 7.65. The third-order valence-corrected chi connectivity index (χ3v) is 4.16. The highest BCUT2D eigenvalue weighted by molar-refractivity contribution is 5.51. The van der Waals surface area contributed by atoms with E-state index >= 15 is 0 Å². The molecule has 2 N–H and O–H groups in total. The summed E-state index contributed by atoms with van der Waals surface area (Å²) < 4.78 is 2.05. The molecule has 0 amide bonds. The molecule has 4 nitrogen and oxygen atoms in total. The van der Waals surface area contributed by atoms with Crippen molar-refractivity contribution in [2.24, 2.45) is 12.8 Å². The van der Waals surface area contributed by atoms with Gasteiger partial charge in [-0.25, -0.2) is 0 Å². The van der Waals surface area contributed by atoms with Gasteiger partial charge in [0, 0.05) is 31.2 Å². The maximum absolute atomic E-state index is 6.01. The Labute approximate surface area is 117 Å². The molecule has 4 heteroatoms. The summed E-state index contributed by atoms with van der Waals surface area (Å²) in [6.07, 6.45) is 6.17. The van der Waals surface area contributed by atoms with Gasteiger partial charge in [-0.05, 0) is 40.0 Å². The Kier molecular flexibility index (Phi) is 4.50. The lowest BCUT2D eigenvalue weighted by Crippen LogP contribution is -2.35. The molecule has 2 unspecified atom stereocenters. The molecular formula is C15H28N4. The molecular weight excluding hydrogens is 236 g/mol. The van der Waals surface area contributed by atoms with Crippen molar-refractivity contribution in [1.82, 2.24) is 9.78 Å². The highest BCUT2D eigenvalue weighted by atomic mass is 15.4. The monoisotopic (exact) mass is 264 g/mol. The summed E-state index contributed by atoms with van der Waals surface area (Å²) in [5.74, 6) is 1.30. The lowest BCUT2D eigenvalue weighted by atomic mass is 10.1. The lowest BCUT2D eigenvalue weighted by molar-refractivity contribution is 0.590. The Morgan fingerprint density at radius 2 is 2.11 bits per heavy atom. The van der Waals surface area contributed by atoms with Gasteiger partial charge >= 0.3 is 0 Å². The maximum atomic E-state index is 6.01. The van der Waals surface area contributed by atoms with Gasteiger partial charge in [-0.2, -0.15) is 5.10 Å². The van der Waals surface area contributed by atoms with Gasteiger partial charge in [-0.15, -0.1) is 0 Å². The van der Waals surface area contributed by atoms with Crippen LogP contribution in [0.5, 0.6) is 0 Å². The van der Waals surface area contributed by atoms with Crippen LogP contribution in [0.15, 0.2) is 0 Å². The molecule has 1 aromatic heterocycles. The van der Waals surface area contributed by atoms with Crippen molar-refractivity contribution in [3.63, 3.8) is 0 Å². The average Bonchev–Trinajstić information content (AvgIpc) is 2.51. The number of hydrogen-bond donors (Lipinski definition) is 1. The number of aryl methyl sites for hydroxylation is 2. The highest BCUT2D eigenvalue weighted by Gasteiger charge is 2.24. The largest absolute Gasteiger partial charge is 0.354 e. The second-order valence-corrected chi connectivity index (χ2v) is 6.08. The summed E-state index contributed by atoms with van der Waals surface area (Å²) in [6, 6.07) is 0.785. The Hall–Kier alpha value is -1.03. The van der Waals surface area contributed by atoms with Crippen LogP contribution in [-0.4, -0.2) is 28.4 Å². The second kappa shape index (κ2) is 5.95. The molecule has 0 radical (unpaired) electrons. The summed E-state index contributed by atoms with van der Waals surface area (Å²) >= 11 is 0. The van der Waals surface area contributed by atoms with Crippen LogP contribution >= 0.6 is 0 Å². The van der Waals surface area contributed by atoms with Crippen molar-refractivity contribution in [3.05, 3.63) is 11.3 Å². The molecule has 1 fully saturated rings. The molecule has 1 aliphatic heterocycles. The van der Waals surface area contributed by atoms with E-state index in [2.05, 4.69) is 42.5 Å². The first kappa shape index (κ1) is 14.4. The Balaban J connectivity index is 2.36. The van der Waals surface area contributed by atoms with Crippen LogP contribution in [0.3, 0.4) is 0 Å². The van der Waals surface area contributed by atoms with E-state index in [9.17, 15) is 0 Å². The van der Waals surface area contributed by atoms with Crippen molar-refractivity contribution in [2.75, 3.05) is 11.4 Å². The molecule has 1 aliphatic rings. The molecule has 19 heavy (non-hydrogen) atoms. The van der Waals surface area contributed by atoms with E-state index in [1.807, 2.05) is 0 Å². The highest BCUT2D eigenvalue weighted by Crippen LogP contribution is 2.29. The third-order valence-electron chi connectivity index (χ3n) is 4.16. The molecule has 0 aliphatic carbocycles. The number of aromatic nitrogens is 2. The van der Waals surface area contributed by atoms with Crippen molar-refractivity contribution in [1.29, 1.82) is 0 Å². The number of hydrogen-bond acceptors (Lipinski definition) is 3. The van der Waals surface area contributed by atoms with Crippen LogP contribution in [-0.2, 0) is 13.5 Å². The second-order valence-electron chi connectivity index (χ2n) is 6.08. The Morgan fingerprint density at radius 1 is 1.37 bits per heavy atom. The maximum Gasteiger partial charge on any atom is 0.130 e. The van der Waals surface area contributed by atoms with Crippen LogP contribution in [0.4, 0.5) is 5.82 Å². The Bertz CT molecular complexity index is 422. The van der Waals surface area contributed by atoms with Crippen molar-refractivity contribution in [2.45, 2.75) is 65.0 Å². The summed E-state index contributed by atoms with van der Waals surface area (Å²) in [5.41, 5.74) is 8.48. The van der Waals surface area contributed by atoms with E-state index in [4.69, 9.17) is 5.73 Å². The van der Waals surface area contributed by atoms with E-state index in [1.54, 1.807) is 0 Å². The van der Waals surface area contributed by atoms with Gasteiger partial charge in [0.05, 0.1) is 5.69 Å². The zero-order valence-electron chi connectivity index (χ0n) is 12.8. The molecule has 2 atom stereocenters. The Morgan fingerprint density at radius 3 is 2.79 bits per heavy atom. The first-order valence-corrected chi connectivity index (χ1v) is 7.55. The zero-order chi connectivity index (χ0) is 14.0. The van der Waals surface area contributed by atoms with Gasteiger partial charge < -0.3 is 10.6 Å². The standard InChI is InChI=1S/C15H28N4/c1-11(16)10-14-13(3)17-18(4)15(14)19-9-7-5-6-8-12(19)2/h11-12H,5-10,16H2,1-4H3. The van der Waals surface area contributed by atoms with Gasteiger partial charge in [0.15, 0.2) is 0 Å². The average molecular weight is 264 g/mol. The number of anilines is 1. The molecule has 1 aromatic rings. The predicted octanol–water partition coefficient (Wildman–Crippen LogP) is 2.39. The quantitative estimate of drug-likeness (QED) is 0.912. The molecule has 1 saturated heterocycles. The van der Waals surface area contributed by atoms with E-state index < -0.39 is 0 Å². The predicted molar refractivity (Wildman–Crippen MR) is 80.6 cm³/mol. The molecule has 108 valence electrons. The van der Waals surface area contributed by atoms with Crippen LogP contribution in [0.1, 0.15) is 50.8 Å². The molecule has 0 spiro atoms. The number of nitrogens with zero attached hydrogens (tertiary/aromatic N) is 3. The van der Waals surface area contributed by atoms with Gasteiger partial charge in [-0.1, -0.05) is 12.8 Å². The fourth-order valence-corrected chi connectivity index (χ4v) is 3.20. The molecule has 2 rings (SSSR count). The first-order valence-electron chi connectivity index (χ1n) is 7.55. The third kappa shape index (κ3) is 3.11. The fourth-order valence-electron chi connectivity index (χ4n) is 3.20. The van der Waals surface area contributed by atoms with E-state index in [1.165, 1.54) is 37.1 Å². The summed E-state index contributed by atoms with van der Waals surface area (Å²) in [7, 11) is 2.06. The van der Waals surface area contributed by atoms with Crippen molar-refractivity contribution < 1.29 is 0 Å². The normalized spacial score (nSPS) is 22.4. The summed E-state index contributed by atoms with van der Waals surface area (Å²) in [5, 5.41) is 4.62. The number of rotatable bonds is 3. The number of nitrogens with two attached hydrogens (primary N) is 1. The minimum absolute atomic E-state index is 0.184. The van der Waals surface area contributed by atoms with Crippen LogP contribution < -0.4 is 10.6 Å². The summed E-state index contributed by atoms with van der Waals surface area (Å²) in [4.78, 5) is 2.55. The molecule has 2 heterocycles. The first-order chi connectivity index (χ1) is 9.00. The lowest BCUT2D eigenvalue weighted by Gasteiger charge is -2.30. The van der Waals surface area contributed by atoms with E-state index in [-0.39, 0.29) is 6.04 Å². The topological polar surface area (TPSA) is 47.1 Å². The zero-order valence-corrected chi connectivity index (χ0v) is 12.8. The fraction of sp³-hybridized carbons (Fsp3) is 0.800. The van der Waals surface area contributed by atoms with Gasteiger partial charge in [0.2, 0.25) is 0 Å². The smallest absolute Gasteiger partial charge is 0.130 e. The molecule has 0 saturated carbocycles. The van der Waals surface area contributed by atoms with Crippen molar-refractivity contribution in [3.8, 4) is 0 Å². The van der Waals surface area contributed by atoms with Crippen LogP contribution in [0, 0.1) is 6.92 Å². The SMILES string of the molecule is Cc1nn(C)c(N2CCCCCC2C)c1CC(C)N. The molecule has 0 aromatic carbocycles. The minimum Gasteiger partial charge on any atom is -0.354 e.